The summed E-state index contributed by atoms with van der Waals surface area (Å²) in [5.41, 5.74) is 0.768. The van der Waals surface area contributed by atoms with Gasteiger partial charge < -0.3 is 4.90 Å². The van der Waals surface area contributed by atoms with Gasteiger partial charge in [0.15, 0.2) is 10.8 Å². The highest BCUT2D eigenvalue weighted by atomic mass is 32.1. The van der Waals surface area contributed by atoms with Gasteiger partial charge in [0, 0.05) is 25.5 Å². The van der Waals surface area contributed by atoms with Gasteiger partial charge >= 0.3 is 0 Å². The third-order valence-electron chi connectivity index (χ3n) is 5.13. The predicted molar refractivity (Wildman–Crippen MR) is 101 cm³/mol. The Kier molecular flexibility index (Phi) is 5.78. The molecule has 0 aliphatic heterocycles. The zero-order valence-corrected chi connectivity index (χ0v) is 16.1. The number of carbonyl (C=O) groups is 1. The maximum absolute atomic E-state index is 13.0. The molecule has 0 aromatic carbocycles. The number of hydrogen-bond acceptors (Lipinski definition) is 5. The van der Waals surface area contributed by atoms with Crippen LogP contribution in [0, 0.1) is 12.8 Å². The molecule has 3 rings (SSSR count). The van der Waals surface area contributed by atoms with Crippen LogP contribution in [0.25, 0.3) is 10.8 Å². The van der Waals surface area contributed by atoms with Crippen LogP contribution in [-0.2, 0) is 0 Å². The molecular weight excluding hydrogens is 332 g/mol. The van der Waals surface area contributed by atoms with Crippen molar-refractivity contribution in [3.8, 4) is 10.8 Å². The fourth-order valence-corrected chi connectivity index (χ4v) is 4.65. The molecule has 2 heterocycles. The minimum Gasteiger partial charge on any atom is -0.338 e. The third-order valence-corrected chi connectivity index (χ3v) is 6.27. The lowest BCUT2D eigenvalue weighted by Gasteiger charge is -2.34. The zero-order valence-electron chi connectivity index (χ0n) is 15.2. The Morgan fingerprint density at radius 1 is 1.24 bits per heavy atom. The van der Waals surface area contributed by atoms with Gasteiger partial charge in [0.1, 0.15) is 4.88 Å². The smallest absolute Gasteiger partial charge is 0.265 e. The van der Waals surface area contributed by atoms with E-state index in [4.69, 9.17) is 0 Å². The van der Waals surface area contributed by atoms with Gasteiger partial charge in [-0.2, -0.15) is 0 Å². The Labute approximate surface area is 153 Å². The Morgan fingerprint density at radius 3 is 2.56 bits per heavy atom. The second-order valence-electron chi connectivity index (χ2n) is 6.89. The second kappa shape index (κ2) is 8.04. The van der Waals surface area contributed by atoms with E-state index in [1.165, 1.54) is 37.0 Å². The minimum atomic E-state index is 0.0797. The first kappa shape index (κ1) is 18.0. The summed E-state index contributed by atoms with van der Waals surface area (Å²) < 4.78 is 0. The summed E-state index contributed by atoms with van der Waals surface area (Å²) in [6, 6.07) is 2.12. The van der Waals surface area contributed by atoms with Crippen molar-refractivity contribution in [2.75, 3.05) is 7.05 Å². The predicted octanol–water partition coefficient (Wildman–Crippen LogP) is 4.34. The van der Waals surface area contributed by atoms with Crippen LogP contribution in [0.4, 0.5) is 0 Å². The van der Waals surface area contributed by atoms with E-state index in [0.717, 1.165) is 24.5 Å². The first-order valence-electron chi connectivity index (χ1n) is 9.12. The van der Waals surface area contributed by atoms with Crippen LogP contribution in [0.5, 0.6) is 0 Å². The van der Waals surface area contributed by atoms with Crippen LogP contribution in [0.15, 0.2) is 18.5 Å². The van der Waals surface area contributed by atoms with E-state index in [9.17, 15) is 4.79 Å². The molecule has 1 saturated carbocycles. The summed E-state index contributed by atoms with van der Waals surface area (Å²) in [5.74, 6) is 1.50. The number of amides is 1. The minimum absolute atomic E-state index is 0.0797. The molecule has 0 saturated heterocycles. The van der Waals surface area contributed by atoms with E-state index in [1.54, 1.807) is 18.5 Å². The molecule has 1 fully saturated rings. The van der Waals surface area contributed by atoms with Gasteiger partial charge in [-0.15, -0.1) is 11.3 Å². The summed E-state index contributed by atoms with van der Waals surface area (Å²) in [6.45, 7) is 4.14. The fourth-order valence-electron chi connectivity index (χ4n) is 3.66. The zero-order chi connectivity index (χ0) is 17.8. The molecule has 0 radical (unpaired) electrons. The molecule has 2 aromatic rings. The van der Waals surface area contributed by atoms with Crippen LogP contribution in [0.1, 0.15) is 60.8 Å². The van der Waals surface area contributed by atoms with E-state index in [-0.39, 0.29) is 5.91 Å². The van der Waals surface area contributed by atoms with Crippen LogP contribution < -0.4 is 0 Å². The number of carbonyl (C=O) groups excluding carboxylic acids is 1. The van der Waals surface area contributed by atoms with E-state index in [0.29, 0.717) is 21.8 Å². The maximum Gasteiger partial charge on any atom is 0.265 e. The fraction of sp³-hybridized carbons (Fsp3) is 0.579. The number of rotatable bonds is 5. The van der Waals surface area contributed by atoms with Crippen LogP contribution in [0.2, 0.25) is 0 Å². The molecule has 1 amide bonds. The molecular formula is C19H26N4OS. The first-order chi connectivity index (χ1) is 12.1. The van der Waals surface area contributed by atoms with Gasteiger partial charge in [-0.25, -0.2) is 15.0 Å². The summed E-state index contributed by atoms with van der Waals surface area (Å²) in [6.07, 6.45) is 10.7. The van der Waals surface area contributed by atoms with E-state index >= 15 is 0 Å². The Morgan fingerprint density at radius 2 is 1.92 bits per heavy atom. The normalized spacial score (nSPS) is 20.4. The average Bonchev–Trinajstić information content (AvgIpc) is 3.04. The maximum atomic E-state index is 13.0. The number of aryl methyl sites for hydroxylation is 1. The van der Waals surface area contributed by atoms with Crippen molar-refractivity contribution >= 4 is 17.2 Å². The highest BCUT2D eigenvalue weighted by Crippen LogP contribution is 2.32. The Hall–Kier alpha value is -1.82. The number of hydrogen-bond donors (Lipinski definition) is 0. The van der Waals surface area contributed by atoms with Crippen molar-refractivity contribution in [3.05, 3.63) is 29.0 Å². The standard InChI is InChI=1S/C19H26N4OS/c1-4-6-14-7-9-15(10-8-14)23(3)19(24)16-13(2)22-18(25-16)17-20-11-5-12-21-17/h5,11-12,14-15H,4,6-10H2,1-3H3. The summed E-state index contributed by atoms with van der Waals surface area (Å²) in [4.78, 5) is 28.6. The molecule has 134 valence electrons. The molecule has 2 aromatic heterocycles. The second-order valence-corrected chi connectivity index (χ2v) is 7.88. The Bertz CT molecular complexity index is 707. The highest BCUT2D eigenvalue weighted by Gasteiger charge is 2.29. The summed E-state index contributed by atoms with van der Waals surface area (Å²) in [7, 11) is 1.94. The van der Waals surface area contributed by atoms with Crippen molar-refractivity contribution in [2.24, 2.45) is 5.92 Å². The monoisotopic (exact) mass is 358 g/mol. The van der Waals surface area contributed by atoms with Gasteiger partial charge in [-0.1, -0.05) is 19.8 Å². The van der Waals surface area contributed by atoms with Crippen molar-refractivity contribution in [1.82, 2.24) is 19.9 Å². The molecule has 6 heteroatoms. The van der Waals surface area contributed by atoms with Crippen LogP contribution in [-0.4, -0.2) is 38.8 Å². The Balaban J connectivity index is 1.70. The van der Waals surface area contributed by atoms with Crippen molar-refractivity contribution in [2.45, 2.75) is 58.4 Å². The van der Waals surface area contributed by atoms with Gasteiger partial charge in [-0.05, 0) is 44.6 Å². The third kappa shape index (κ3) is 4.06. The lowest BCUT2D eigenvalue weighted by Crippen LogP contribution is -2.39. The first-order valence-corrected chi connectivity index (χ1v) is 9.93. The quantitative estimate of drug-likeness (QED) is 0.798. The molecule has 0 unspecified atom stereocenters. The van der Waals surface area contributed by atoms with Gasteiger partial charge in [0.05, 0.1) is 5.69 Å². The highest BCUT2D eigenvalue weighted by molar-refractivity contribution is 7.17. The number of nitrogens with zero attached hydrogens (tertiary/aromatic N) is 4. The molecule has 25 heavy (non-hydrogen) atoms. The van der Waals surface area contributed by atoms with E-state index in [2.05, 4.69) is 21.9 Å². The topological polar surface area (TPSA) is 59.0 Å². The lowest BCUT2D eigenvalue weighted by atomic mass is 9.83. The molecule has 0 bridgehead atoms. The average molecular weight is 359 g/mol. The SMILES string of the molecule is CCCC1CCC(N(C)C(=O)c2sc(-c3ncccn3)nc2C)CC1. The molecule has 0 atom stereocenters. The van der Waals surface area contributed by atoms with Crippen molar-refractivity contribution in [3.63, 3.8) is 0 Å². The van der Waals surface area contributed by atoms with Crippen molar-refractivity contribution < 1.29 is 4.79 Å². The molecule has 0 spiro atoms. The summed E-state index contributed by atoms with van der Waals surface area (Å²) >= 11 is 1.39. The van der Waals surface area contributed by atoms with Gasteiger partial charge in [0.25, 0.3) is 5.91 Å². The largest absolute Gasteiger partial charge is 0.338 e. The molecule has 5 nitrogen and oxygen atoms in total. The van der Waals surface area contributed by atoms with E-state index < -0.39 is 0 Å². The molecule has 1 aliphatic carbocycles. The van der Waals surface area contributed by atoms with Crippen molar-refractivity contribution in [1.29, 1.82) is 0 Å². The van der Waals surface area contributed by atoms with Gasteiger partial charge in [-0.3, -0.25) is 4.79 Å². The number of aromatic nitrogens is 3. The van der Waals surface area contributed by atoms with Crippen LogP contribution >= 0.6 is 11.3 Å². The van der Waals surface area contributed by atoms with Gasteiger partial charge in [0.2, 0.25) is 0 Å². The van der Waals surface area contributed by atoms with Crippen LogP contribution in [0.3, 0.4) is 0 Å². The van der Waals surface area contributed by atoms with E-state index in [1.807, 2.05) is 18.9 Å². The molecule has 0 N–H and O–H groups in total. The lowest BCUT2D eigenvalue weighted by molar-refractivity contribution is 0.0677. The summed E-state index contributed by atoms with van der Waals surface area (Å²) in [5, 5.41) is 0.710. The molecule has 1 aliphatic rings. The number of thiazole rings is 1.